The summed E-state index contributed by atoms with van der Waals surface area (Å²) in [6.45, 7) is 3.90. The summed E-state index contributed by atoms with van der Waals surface area (Å²) in [7, 11) is 1.64. The van der Waals surface area contributed by atoms with Crippen molar-refractivity contribution in [3.05, 3.63) is 47.8 Å². The Morgan fingerprint density at radius 2 is 2.00 bits per heavy atom. The van der Waals surface area contributed by atoms with Crippen molar-refractivity contribution >= 4 is 0 Å². The molecule has 0 saturated carbocycles. The number of nitrogens with zero attached hydrogens (tertiary/aromatic N) is 3. The Balaban J connectivity index is 2.01. The minimum atomic E-state index is 0.464. The highest BCUT2D eigenvalue weighted by Gasteiger charge is 2.13. The number of benzene rings is 1. The van der Waals surface area contributed by atoms with Gasteiger partial charge in [-0.1, -0.05) is 11.2 Å². The summed E-state index contributed by atoms with van der Waals surface area (Å²) in [5, 5.41) is 4.03. The molecular weight excluding hydrogens is 266 g/mol. The highest BCUT2D eigenvalue weighted by atomic mass is 16.5. The highest BCUT2D eigenvalue weighted by molar-refractivity contribution is 5.62. The second kappa shape index (κ2) is 5.36. The number of hydrogen-bond acceptors (Lipinski definition) is 5. The number of aromatic nitrogens is 3. The Bertz CT molecular complexity index is 781. The minimum absolute atomic E-state index is 0.464. The van der Waals surface area contributed by atoms with Crippen molar-refractivity contribution in [1.29, 1.82) is 0 Å². The van der Waals surface area contributed by atoms with Gasteiger partial charge in [0.15, 0.2) is 0 Å². The molecule has 0 saturated heterocycles. The van der Waals surface area contributed by atoms with Crippen LogP contribution in [0.25, 0.3) is 22.8 Å². The molecule has 0 unspecified atom stereocenters. The van der Waals surface area contributed by atoms with Gasteiger partial charge in [0.1, 0.15) is 5.75 Å². The molecule has 0 N–H and O–H groups in total. The van der Waals surface area contributed by atoms with Crippen molar-refractivity contribution in [1.82, 2.24) is 15.1 Å². The lowest BCUT2D eigenvalue weighted by molar-refractivity contribution is 0.410. The van der Waals surface area contributed by atoms with Crippen LogP contribution < -0.4 is 4.74 Å². The molecule has 106 valence electrons. The van der Waals surface area contributed by atoms with Gasteiger partial charge >= 0.3 is 0 Å². The zero-order chi connectivity index (χ0) is 14.8. The fourth-order valence-electron chi connectivity index (χ4n) is 2.12. The molecule has 21 heavy (non-hydrogen) atoms. The first-order valence-electron chi connectivity index (χ1n) is 6.60. The molecule has 0 spiro atoms. The van der Waals surface area contributed by atoms with Crippen LogP contribution in [0.3, 0.4) is 0 Å². The number of ether oxygens (including phenoxy) is 1. The third-order valence-corrected chi connectivity index (χ3v) is 3.33. The second-order valence-corrected chi connectivity index (χ2v) is 4.74. The Morgan fingerprint density at radius 3 is 2.76 bits per heavy atom. The zero-order valence-corrected chi connectivity index (χ0v) is 12.1. The van der Waals surface area contributed by atoms with Crippen molar-refractivity contribution in [2.75, 3.05) is 7.11 Å². The maximum Gasteiger partial charge on any atom is 0.258 e. The lowest BCUT2D eigenvalue weighted by Crippen LogP contribution is -1.89. The average Bonchev–Trinajstić information content (AvgIpc) is 2.98. The Kier molecular flexibility index (Phi) is 3.39. The molecule has 3 aromatic rings. The molecular formula is C16H15N3O2. The summed E-state index contributed by atoms with van der Waals surface area (Å²) in [6, 6.07) is 9.57. The molecule has 0 bridgehead atoms. The van der Waals surface area contributed by atoms with Crippen molar-refractivity contribution in [2.45, 2.75) is 13.8 Å². The van der Waals surface area contributed by atoms with Crippen LogP contribution in [0.5, 0.6) is 5.75 Å². The Labute approximate surface area is 122 Å². The van der Waals surface area contributed by atoms with Gasteiger partial charge in [0.05, 0.1) is 7.11 Å². The first kappa shape index (κ1) is 13.3. The van der Waals surface area contributed by atoms with E-state index in [1.807, 2.05) is 44.2 Å². The summed E-state index contributed by atoms with van der Waals surface area (Å²) in [5.74, 6) is 1.80. The van der Waals surface area contributed by atoms with Crippen LogP contribution in [0.15, 0.2) is 41.1 Å². The van der Waals surface area contributed by atoms with E-state index in [9.17, 15) is 0 Å². The van der Waals surface area contributed by atoms with Crippen molar-refractivity contribution < 1.29 is 9.26 Å². The minimum Gasteiger partial charge on any atom is -0.496 e. The number of hydrogen-bond donors (Lipinski definition) is 0. The van der Waals surface area contributed by atoms with Crippen LogP contribution >= 0.6 is 0 Å². The number of methoxy groups -OCH3 is 1. The SMILES string of the molecule is COc1cc(-c2nc(-c3cccnc3C)no2)ccc1C. The van der Waals surface area contributed by atoms with Crippen LogP contribution in [0.4, 0.5) is 0 Å². The van der Waals surface area contributed by atoms with Crippen LogP contribution in [-0.2, 0) is 0 Å². The maximum atomic E-state index is 5.36. The first-order valence-corrected chi connectivity index (χ1v) is 6.60. The van der Waals surface area contributed by atoms with E-state index in [-0.39, 0.29) is 0 Å². The van der Waals surface area contributed by atoms with E-state index >= 15 is 0 Å². The van der Waals surface area contributed by atoms with Crippen LogP contribution in [0.1, 0.15) is 11.3 Å². The van der Waals surface area contributed by atoms with Gasteiger partial charge in [-0.05, 0) is 43.7 Å². The van der Waals surface area contributed by atoms with E-state index in [1.54, 1.807) is 13.3 Å². The van der Waals surface area contributed by atoms with E-state index < -0.39 is 0 Å². The topological polar surface area (TPSA) is 61.0 Å². The molecule has 5 nitrogen and oxygen atoms in total. The lowest BCUT2D eigenvalue weighted by atomic mass is 10.1. The van der Waals surface area contributed by atoms with E-state index in [1.165, 1.54) is 0 Å². The van der Waals surface area contributed by atoms with Crippen LogP contribution in [-0.4, -0.2) is 22.2 Å². The molecule has 3 rings (SSSR count). The van der Waals surface area contributed by atoms with Gasteiger partial charge in [-0.15, -0.1) is 0 Å². The van der Waals surface area contributed by atoms with E-state index in [2.05, 4.69) is 15.1 Å². The normalized spacial score (nSPS) is 10.6. The molecule has 0 fully saturated rings. The van der Waals surface area contributed by atoms with E-state index in [0.717, 1.165) is 28.1 Å². The van der Waals surface area contributed by atoms with E-state index in [0.29, 0.717) is 11.7 Å². The first-order chi connectivity index (χ1) is 10.2. The molecule has 0 amide bonds. The summed E-state index contributed by atoms with van der Waals surface area (Å²) < 4.78 is 10.7. The van der Waals surface area contributed by atoms with Crippen LogP contribution in [0.2, 0.25) is 0 Å². The summed E-state index contributed by atoms with van der Waals surface area (Å²) in [4.78, 5) is 8.68. The van der Waals surface area contributed by atoms with Gasteiger partial charge in [-0.3, -0.25) is 4.98 Å². The smallest absolute Gasteiger partial charge is 0.258 e. The number of rotatable bonds is 3. The third-order valence-electron chi connectivity index (χ3n) is 3.33. The predicted octanol–water partition coefficient (Wildman–Crippen LogP) is 3.42. The van der Waals surface area contributed by atoms with Gasteiger partial charge < -0.3 is 9.26 Å². The fourth-order valence-corrected chi connectivity index (χ4v) is 2.12. The monoisotopic (exact) mass is 281 g/mol. The fraction of sp³-hybridized carbons (Fsp3) is 0.188. The molecule has 2 aromatic heterocycles. The predicted molar refractivity (Wildman–Crippen MR) is 79.0 cm³/mol. The largest absolute Gasteiger partial charge is 0.496 e. The molecule has 0 aliphatic carbocycles. The Hall–Kier alpha value is -2.69. The summed E-state index contributed by atoms with van der Waals surface area (Å²) in [5.41, 5.74) is 3.62. The number of pyridine rings is 1. The van der Waals surface area contributed by atoms with Crippen LogP contribution in [0, 0.1) is 13.8 Å². The second-order valence-electron chi connectivity index (χ2n) is 4.74. The molecule has 0 atom stereocenters. The lowest BCUT2D eigenvalue weighted by Gasteiger charge is -2.04. The van der Waals surface area contributed by atoms with Gasteiger partial charge in [0, 0.05) is 23.0 Å². The van der Waals surface area contributed by atoms with Gasteiger partial charge in [0.2, 0.25) is 5.82 Å². The zero-order valence-electron chi connectivity index (χ0n) is 12.1. The molecule has 5 heteroatoms. The summed E-state index contributed by atoms with van der Waals surface area (Å²) >= 11 is 0. The quantitative estimate of drug-likeness (QED) is 0.736. The van der Waals surface area contributed by atoms with E-state index in [4.69, 9.17) is 9.26 Å². The highest BCUT2D eigenvalue weighted by Crippen LogP contribution is 2.27. The van der Waals surface area contributed by atoms with Gasteiger partial charge in [-0.2, -0.15) is 4.98 Å². The molecule has 1 aromatic carbocycles. The van der Waals surface area contributed by atoms with Gasteiger partial charge in [-0.25, -0.2) is 0 Å². The van der Waals surface area contributed by atoms with Crippen molar-refractivity contribution in [3.63, 3.8) is 0 Å². The third kappa shape index (κ3) is 2.50. The molecule has 0 radical (unpaired) electrons. The van der Waals surface area contributed by atoms with Crippen molar-refractivity contribution in [2.24, 2.45) is 0 Å². The standard InChI is InChI=1S/C16H15N3O2/c1-10-6-7-12(9-14(10)20-3)16-18-15(19-21-16)13-5-4-8-17-11(13)2/h4-9H,1-3H3. The molecule has 0 aliphatic heterocycles. The molecule has 2 heterocycles. The number of aryl methyl sites for hydroxylation is 2. The average molecular weight is 281 g/mol. The van der Waals surface area contributed by atoms with Crippen molar-refractivity contribution in [3.8, 4) is 28.6 Å². The maximum absolute atomic E-state index is 5.36. The Morgan fingerprint density at radius 1 is 1.14 bits per heavy atom. The summed E-state index contributed by atoms with van der Waals surface area (Å²) in [6.07, 6.45) is 1.74. The van der Waals surface area contributed by atoms with Gasteiger partial charge in [0.25, 0.3) is 5.89 Å². The molecule has 0 aliphatic rings.